The van der Waals surface area contributed by atoms with E-state index < -0.39 is 0 Å². The van der Waals surface area contributed by atoms with Crippen LogP contribution in [0.15, 0.2) is 23.1 Å². The third-order valence-electron chi connectivity index (χ3n) is 2.72. The van der Waals surface area contributed by atoms with Gasteiger partial charge in [0, 0.05) is 18.2 Å². The van der Waals surface area contributed by atoms with Crippen molar-refractivity contribution in [3.8, 4) is 11.5 Å². The van der Waals surface area contributed by atoms with Gasteiger partial charge in [-0.3, -0.25) is 0 Å². The Morgan fingerprint density at radius 2 is 2.00 bits per heavy atom. The molecule has 0 aliphatic carbocycles. The van der Waals surface area contributed by atoms with Crippen LogP contribution < -0.4 is 5.32 Å². The van der Waals surface area contributed by atoms with Gasteiger partial charge in [0.2, 0.25) is 0 Å². The molecular formula is C14H18BrN5. The van der Waals surface area contributed by atoms with Crippen molar-refractivity contribution in [2.75, 3.05) is 11.9 Å². The van der Waals surface area contributed by atoms with Crippen LogP contribution in [0, 0.1) is 0 Å². The van der Waals surface area contributed by atoms with E-state index >= 15 is 0 Å². The third-order valence-corrected chi connectivity index (χ3v) is 3.47. The molecule has 106 valence electrons. The van der Waals surface area contributed by atoms with Crippen LogP contribution in [0.5, 0.6) is 0 Å². The Morgan fingerprint density at radius 3 is 2.55 bits per heavy atom. The minimum atomic E-state index is -0.0896. The van der Waals surface area contributed by atoms with Crippen LogP contribution in [0.3, 0.4) is 0 Å². The molecular weight excluding hydrogens is 318 g/mol. The van der Waals surface area contributed by atoms with Gasteiger partial charge in [-0.1, -0.05) is 20.8 Å². The summed E-state index contributed by atoms with van der Waals surface area (Å²) in [5.41, 5.74) is 1.59. The number of halogens is 1. The maximum Gasteiger partial charge on any atom is 0.180 e. The highest BCUT2D eigenvalue weighted by atomic mass is 79.9. The van der Waals surface area contributed by atoms with Gasteiger partial charge >= 0.3 is 0 Å². The van der Waals surface area contributed by atoms with E-state index in [9.17, 15) is 0 Å². The molecule has 0 radical (unpaired) electrons. The number of nitrogens with one attached hydrogen (secondary N) is 1. The molecule has 0 amide bonds. The summed E-state index contributed by atoms with van der Waals surface area (Å²) in [6.07, 6.45) is 3.20. The Kier molecular flexibility index (Phi) is 4.32. The monoisotopic (exact) mass is 335 g/mol. The predicted molar refractivity (Wildman–Crippen MR) is 83.6 cm³/mol. The number of hydrogen-bond acceptors (Lipinski definition) is 5. The zero-order valence-corrected chi connectivity index (χ0v) is 13.7. The van der Waals surface area contributed by atoms with Gasteiger partial charge in [0.25, 0.3) is 0 Å². The number of hydrogen-bond donors (Lipinski definition) is 1. The van der Waals surface area contributed by atoms with Gasteiger partial charge in [0.15, 0.2) is 5.82 Å². The summed E-state index contributed by atoms with van der Waals surface area (Å²) in [6, 6.07) is 1.81. The lowest BCUT2D eigenvalue weighted by Crippen LogP contribution is -2.17. The molecule has 0 bridgehead atoms. The van der Waals surface area contributed by atoms with E-state index in [1.165, 1.54) is 6.33 Å². The third kappa shape index (κ3) is 3.12. The van der Waals surface area contributed by atoms with Gasteiger partial charge in [-0.15, -0.1) is 0 Å². The van der Waals surface area contributed by atoms with Crippen LogP contribution in [0.2, 0.25) is 0 Å². The molecule has 2 aromatic rings. The fraction of sp³-hybridized carbons (Fsp3) is 0.429. The lowest BCUT2D eigenvalue weighted by Gasteiger charge is -2.21. The molecule has 5 nitrogen and oxygen atoms in total. The van der Waals surface area contributed by atoms with Crippen molar-refractivity contribution in [1.82, 2.24) is 19.9 Å². The molecule has 0 saturated carbocycles. The number of aromatic nitrogens is 4. The second-order valence-electron chi connectivity index (χ2n) is 5.43. The normalized spacial score (nSPS) is 11.4. The molecule has 0 saturated heterocycles. The average molecular weight is 336 g/mol. The molecule has 0 spiro atoms. The predicted octanol–water partition coefficient (Wildman–Crippen LogP) is 3.43. The number of rotatable bonds is 3. The molecule has 0 aliphatic heterocycles. The summed E-state index contributed by atoms with van der Waals surface area (Å²) in [7, 11) is 0. The Labute approximate surface area is 127 Å². The summed E-state index contributed by atoms with van der Waals surface area (Å²) in [4.78, 5) is 17.4. The standard InChI is InChI=1S/C14H18BrN5/c1-5-17-13-10(15)11(14(2,3)4)19-12(20-13)9-6-7-16-8-18-9/h6-8H,5H2,1-4H3,(H,17,19,20). The first-order valence-corrected chi connectivity index (χ1v) is 7.31. The summed E-state index contributed by atoms with van der Waals surface area (Å²) in [5.74, 6) is 1.40. The van der Waals surface area contributed by atoms with Gasteiger partial charge in [-0.2, -0.15) is 0 Å². The average Bonchev–Trinajstić information content (AvgIpc) is 2.41. The molecule has 2 heterocycles. The molecule has 0 atom stereocenters. The van der Waals surface area contributed by atoms with Crippen LogP contribution in [0.25, 0.3) is 11.5 Å². The number of nitrogens with zero attached hydrogens (tertiary/aromatic N) is 4. The zero-order chi connectivity index (χ0) is 14.8. The lowest BCUT2D eigenvalue weighted by atomic mass is 9.92. The Hall–Kier alpha value is -1.56. The highest BCUT2D eigenvalue weighted by Gasteiger charge is 2.23. The second-order valence-corrected chi connectivity index (χ2v) is 6.23. The lowest BCUT2D eigenvalue weighted by molar-refractivity contribution is 0.564. The molecule has 20 heavy (non-hydrogen) atoms. The van der Waals surface area contributed by atoms with E-state index in [4.69, 9.17) is 0 Å². The molecule has 6 heteroatoms. The van der Waals surface area contributed by atoms with Crippen LogP contribution in [-0.2, 0) is 5.41 Å². The highest BCUT2D eigenvalue weighted by Crippen LogP contribution is 2.33. The second kappa shape index (κ2) is 5.83. The molecule has 2 rings (SSSR count). The quantitative estimate of drug-likeness (QED) is 0.930. The SMILES string of the molecule is CCNc1nc(-c2ccncn2)nc(C(C)(C)C)c1Br. The first-order valence-electron chi connectivity index (χ1n) is 6.51. The van der Waals surface area contributed by atoms with E-state index in [0.29, 0.717) is 5.82 Å². The smallest absolute Gasteiger partial charge is 0.180 e. The van der Waals surface area contributed by atoms with Crippen LogP contribution in [0.4, 0.5) is 5.82 Å². The fourth-order valence-corrected chi connectivity index (χ4v) is 2.68. The summed E-state index contributed by atoms with van der Waals surface area (Å²) >= 11 is 3.60. The van der Waals surface area contributed by atoms with Crippen molar-refractivity contribution in [3.05, 3.63) is 28.8 Å². The van der Waals surface area contributed by atoms with Gasteiger partial charge in [-0.05, 0) is 28.9 Å². The van der Waals surface area contributed by atoms with E-state index in [1.54, 1.807) is 6.20 Å². The van der Waals surface area contributed by atoms with Crippen molar-refractivity contribution in [2.45, 2.75) is 33.1 Å². The van der Waals surface area contributed by atoms with Crippen molar-refractivity contribution >= 4 is 21.7 Å². The minimum absolute atomic E-state index is 0.0896. The van der Waals surface area contributed by atoms with Crippen molar-refractivity contribution in [3.63, 3.8) is 0 Å². The first kappa shape index (κ1) is 14.8. The summed E-state index contributed by atoms with van der Waals surface area (Å²) < 4.78 is 0.907. The fourth-order valence-electron chi connectivity index (χ4n) is 1.77. The Bertz CT molecular complexity index is 593. The Balaban J connectivity index is 2.62. The van der Waals surface area contributed by atoms with Crippen molar-refractivity contribution in [2.24, 2.45) is 0 Å². The van der Waals surface area contributed by atoms with E-state index in [0.717, 1.165) is 28.2 Å². The first-order chi connectivity index (χ1) is 9.43. The molecule has 0 fully saturated rings. The van der Waals surface area contributed by atoms with Gasteiger partial charge in [0.05, 0.1) is 10.2 Å². The topological polar surface area (TPSA) is 63.6 Å². The summed E-state index contributed by atoms with van der Waals surface area (Å²) in [6.45, 7) is 9.21. The maximum absolute atomic E-state index is 4.67. The van der Waals surface area contributed by atoms with Crippen molar-refractivity contribution < 1.29 is 0 Å². The van der Waals surface area contributed by atoms with E-state index in [1.807, 2.05) is 13.0 Å². The molecule has 0 aliphatic rings. The molecule has 0 unspecified atom stereocenters. The maximum atomic E-state index is 4.67. The Morgan fingerprint density at radius 1 is 1.25 bits per heavy atom. The van der Waals surface area contributed by atoms with E-state index in [2.05, 4.69) is 62.0 Å². The highest BCUT2D eigenvalue weighted by molar-refractivity contribution is 9.10. The van der Waals surface area contributed by atoms with Crippen LogP contribution in [0.1, 0.15) is 33.4 Å². The summed E-state index contributed by atoms with van der Waals surface area (Å²) in [5, 5.41) is 3.26. The van der Waals surface area contributed by atoms with Crippen molar-refractivity contribution in [1.29, 1.82) is 0 Å². The van der Waals surface area contributed by atoms with Gasteiger partial charge in [0.1, 0.15) is 17.8 Å². The zero-order valence-electron chi connectivity index (χ0n) is 12.1. The molecule has 0 aromatic carbocycles. The van der Waals surface area contributed by atoms with E-state index in [-0.39, 0.29) is 5.41 Å². The van der Waals surface area contributed by atoms with Crippen LogP contribution in [-0.4, -0.2) is 26.5 Å². The van der Waals surface area contributed by atoms with Gasteiger partial charge < -0.3 is 5.32 Å². The minimum Gasteiger partial charge on any atom is -0.369 e. The largest absolute Gasteiger partial charge is 0.369 e. The molecule has 2 aromatic heterocycles. The number of anilines is 1. The van der Waals surface area contributed by atoms with Crippen LogP contribution >= 0.6 is 15.9 Å². The molecule has 1 N–H and O–H groups in total. The van der Waals surface area contributed by atoms with Gasteiger partial charge in [-0.25, -0.2) is 19.9 Å².